The maximum absolute atomic E-state index is 10.6. The quantitative estimate of drug-likeness (QED) is 0.602. The van der Waals surface area contributed by atoms with E-state index >= 15 is 0 Å². The summed E-state index contributed by atoms with van der Waals surface area (Å²) in [5, 5.41) is 8.70. The van der Waals surface area contributed by atoms with Gasteiger partial charge in [0.2, 0.25) is 0 Å². The molecule has 0 aliphatic heterocycles. The van der Waals surface area contributed by atoms with Gasteiger partial charge in [-0.05, 0) is 31.1 Å². The Hall–Kier alpha value is -2.87. The molecule has 0 unspecified atom stereocenters. The fourth-order valence-corrected chi connectivity index (χ4v) is 1.85. The molecule has 0 aromatic heterocycles. The van der Waals surface area contributed by atoms with Crippen molar-refractivity contribution in [3.05, 3.63) is 95.6 Å². The number of allylic oxidation sites excluding steroid dienone is 2. The lowest BCUT2D eigenvalue weighted by Gasteiger charge is -1.96. The Morgan fingerprint density at radius 2 is 1.39 bits per heavy atom. The third kappa shape index (κ3) is 7.63. The minimum atomic E-state index is -0.879. The number of carboxylic acid groups (broad SMARTS) is 1. The lowest BCUT2D eigenvalue weighted by molar-refractivity contribution is -0.132. The summed E-state index contributed by atoms with van der Waals surface area (Å²) in [6, 6.07) is 19.8. The van der Waals surface area contributed by atoms with E-state index in [1.807, 2.05) is 79.7 Å². The van der Waals surface area contributed by atoms with E-state index in [-0.39, 0.29) is 0 Å². The summed E-state index contributed by atoms with van der Waals surface area (Å²) in [5.41, 5.74) is 3.53. The van der Waals surface area contributed by atoms with Gasteiger partial charge in [0.1, 0.15) is 0 Å². The van der Waals surface area contributed by atoms with Crippen molar-refractivity contribution < 1.29 is 9.90 Å². The van der Waals surface area contributed by atoms with E-state index in [2.05, 4.69) is 6.58 Å². The number of aliphatic carboxylic acids is 1. The zero-order chi connectivity index (χ0) is 17.1. The van der Waals surface area contributed by atoms with Gasteiger partial charge in [0.15, 0.2) is 0 Å². The Labute approximate surface area is 138 Å². The third-order valence-electron chi connectivity index (χ3n) is 3.01. The molecule has 0 fully saturated rings. The van der Waals surface area contributed by atoms with Gasteiger partial charge in [0.05, 0.1) is 0 Å². The van der Waals surface area contributed by atoms with Crippen LogP contribution in [0.15, 0.2) is 84.5 Å². The third-order valence-corrected chi connectivity index (χ3v) is 3.01. The van der Waals surface area contributed by atoms with Crippen LogP contribution in [0, 0.1) is 0 Å². The van der Waals surface area contributed by atoms with Crippen molar-refractivity contribution in [1.82, 2.24) is 0 Å². The second kappa shape index (κ2) is 9.96. The van der Waals surface area contributed by atoms with Gasteiger partial charge in [-0.3, -0.25) is 0 Å². The second-order valence-corrected chi connectivity index (χ2v) is 5.05. The van der Waals surface area contributed by atoms with Crippen molar-refractivity contribution in [2.45, 2.75) is 13.8 Å². The van der Waals surface area contributed by atoms with Crippen LogP contribution in [0.3, 0.4) is 0 Å². The minimum absolute atomic E-state index is 0.347. The van der Waals surface area contributed by atoms with E-state index in [1.165, 1.54) is 5.56 Å². The molecule has 0 heterocycles. The van der Waals surface area contributed by atoms with Gasteiger partial charge in [-0.25, -0.2) is 4.79 Å². The van der Waals surface area contributed by atoms with Crippen molar-refractivity contribution >= 4 is 18.1 Å². The standard InChI is InChI=1S/C13H14O2.C8H8/c1-10(8-11(2)13(14)15)9-12-6-4-3-5-7-12;1-2-8-6-4-3-5-7-8/h3-9H,1-2H3,(H,14,15);2-7H,1H2. The first kappa shape index (κ1) is 18.2. The molecule has 0 saturated heterocycles. The highest BCUT2D eigenvalue weighted by Gasteiger charge is 1.98. The fourth-order valence-electron chi connectivity index (χ4n) is 1.85. The van der Waals surface area contributed by atoms with Crippen LogP contribution in [0.5, 0.6) is 0 Å². The molecule has 0 aliphatic rings. The first-order valence-electron chi connectivity index (χ1n) is 7.35. The topological polar surface area (TPSA) is 37.3 Å². The summed E-state index contributed by atoms with van der Waals surface area (Å²) in [6.07, 6.45) is 5.45. The molecule has 118 valence electrons. The maximum atomic E-state index is 10.6. The Morgan fingerprint density at radius 1 is 0.913 bits per heavy atom. The van der Waals surface area contributed by atoms with Gasteiger partial charge < -0.3 is 5.11 Å². The van der Waals surface area contributed by atoms with Crippen LogP contribution in [-0.4, -0.2) is 11.1 Å². The largest absolute Gasteiger partial charge is 0.478 e. The van der Waals surface area contributed by atoms with Crippen molar-refractivity contribution in [2.24, 2.45) is 0 Å². The molecule has 2 nitrogen and oxygen atoms in total. The first-order valence-corrected chi connectivity index (χ1v) is 7.35. The summed E-state index contributed by atoms with van der Waals surface area (Å²) in [5.74, 6) is -0.879. The second-order valence-electron chi connectivity index (χ2n) is 5.05. The highest BCUT2D eigenvalue weighted by Crippen LogP contribution is 2.09. The molecule has 2 aromatic carbocycles. The Morgan fingerprint density at radius 3 is 1.78 bits per heavy atom. The van der Waals surface area contributed by atoms with Crippen LogP contribution in [-0.2, 0) is 4.79 Å². The first-order chi connectivity index (χ1) is 11.0. The molecule has 0 saturated carbocycles. The molecule has 0 radical (unpaired) electrons. The molecule has 0 amide bonds. The van der Waals surface area contributed by atoms with Crippen LogP contribution in [0.2, 0.25) is 0 Å². The van der Waals surface area contributed by atoms with Gasteiger partial charge in [0, 0.05) is 5.57 Å². The van der Waals surface area contributed by atoms with Crippen molar-refractivity contribution in [3.63, 3.8) is 0 Å². The monoisotopic (exact) mass is 306 g/mol. The highest BCUT2D eigenvalue weighted by molar-refractivity contribution is 5.86. The van der Waals surface area contributed by atoms with Gasteiger partial charge in [-0.15, -0.1) is 0 Å². The molecule has 0 atom stereocenters. The zero-order valence-electron chi connectivity index (χ0n) is 13.6. The molecular formula is C21H22O2. The molecule has 2 aromatic rings. The lowest BCUT2D eigenvalue weighted by atomic mass is 10.1. The number of hydrogen-bond acceptors (Lipinski definition) is 1. The fraction of sp³-hybridized carbons (Fsp3) is 0.0952. The average Bonchev–Trinajstić information content (AvgIpc) is 2.57. The number of carbonyl (C=O) groups is 1. The van der Waals surface area contributed by atoms with E-state index in [1.54, 1.807) is 13.0 Å². The van der Waals surface area contributed by atoms with Crippen molar-refractivity contribution in [3.8, 4) is 0 Å². The van der Waals surface area contributed by atoms with E-state index < -0.39 is 5.97 Å². The normalized spacial score (nSPS) is 11.2. The predicted molar refractivity (Wildman–Crippen MR) is 98.0 cm³/mol. The zero-order valence-corrected chi connectivity index (χ0v) is 13.6. The van der Waals surface area contributed by atoms with Gasteiger partial charge in [0.25, 0.3) is 0 Å². The summed E-state index contributed by atoms with van der Waals surface area (Å²) >= 11 is 0. The van der Waals surface area contributed by atoms with Crippen LogP contribution < -0.4 is 0 Å². The van der Waals surface area contributed by atoms with Gasteiger partial charge in [-0.1, -0.05) is 85.0 Å². The van der Waals surface area contributed by atoms with E-state index in [4.69, 9.17) is 5.11 Å². The maximum Gasteiger partial charge on any atom is 0.331 e. The van der Waals surface area contributed by atoms with Crippen molar-refractivity contribution in [2.75, 3.05) is 0 Å². The summed E-state index contributed by atoms with van der Waals surface area (Å²) in [4.78, 5) is 10.6. The summed E-state index contributed by atoms with van der Waals surface area (Å²) < 4.78 is 0. The van der Waals surface area contributed by atoms with Gasteiger partial charge in [-0.2, -0.15) is 0 Å². The van der Waals surface area contributed by atoms with Gasteiger partial charge >= 0.3 is 5.97 Å². The molecule has 0 bridgehead atoms. The molecule has 0 spiro atoms. The van der Waals surface area contributed by atoms with E-state index in [0.29, 0.717) is 5.57 Å². The highest BCUT2D eigenvalue weighted by atomic mass is 16.4. The number of hydrogen-bond donors (Lipinski definition) is 1. The molecule has 0 aliphatic carbocycles. The smallest absolute Gasteiger partial charge is 0.331 e. The van der Waals surface area contributed by atoms with Crippen LogP contribution in [0.4, 0.5) is 0 Å². The molecule has 2 heteroatoms. The molecular weight excluding hydrogens is 284 g/mol. The molecule has 2 rings (SSSR count). The lowest BCUT2D eigenvalue weighted by Crippen LogP contribution is -1.95. The van der Waals surface area contributed by atoms with E-state index in [9.17, 15) is 4.79 Å². The SMILES string of the molecule is C=Cc1ccccc1.CC(=Cc1ccccc1)C=C(C)C(=O)O. The average molecular weight is 306 g/mol. The minimum Gasteiger partial charge on any atom is -0.478 e. The van der Waals surface area contributed by atoms with Crippen molar-refractivity contribution in [1.29, 1.82) is 0 Å². The van der Waals surface area contributed by atoms with E-state index in [0.717, 1.165) is 11.1 Å². The number of rotatable bonds is 4. The van der Waals surface area contributed by atoms with Crippen LogP contribution >= 0.6 is 0 Å². The number of carboxylic acids is 1. The predicted octanol–water partition coefficient (Wildman–Crippen LogP) is 5.45. The summed E-state index contributed by atoms with van der Waals surface area (Å²) in [6.45, 7) is 7.11. The molecule has 1 N–H and O–H groups in total. The van der Waals surface area contributed by atoms with Crippen LogP contribution in [0.1, 0.15) is 25.0 Å². The Kier molecular flexibility index (Phi) is 7.87. The Balaban J connectivity index is 0.000000277. The Bertz CT molecular complexity index is 680. The molecule has 23 heavy (non-hydrogen) atoms. The number of benzene rings is 2. The summed E-state index contributed by atoms with van der Waals surface area (Å²) in [7, 11) is 0. The van der Waals surface area contributed by atoms with Crippen LogP contribution in [0.25, 0.3) is 12.2 Å².